The van der Waals surface area contributed by atoms with E-state index >= 15 is 0 Å². The minimum atomic E-state index is 0.311. The Kier molecular flexibility index (Phi) is 3.39. The van der Waals surface area contributed by atoms with Crippen LogP contribution in [0, 0.1) is 0 Å². The average Bonchev–Trinajstić information content (AvgIpc) is 3.28. The zero-order valence-corrected chi connectivity index (χ0v) is 14.2. The zero-order valence-electron chi connectivity index (χ0n) is 13.5. The lowest BCUT2D eigenvalue weighted by atomic mass is 10.1. The van der Waals surface area contributed by atoms with Crippen molar-refractivity contribution in [3.63, 3.8) is 0 Å². The molecule has 0 saturated heterocycles. The largest absolute Gasteiger partial charge is 0.256 e. The molecule has 0 radical (unpaired) electrons. The summed E-state index contributed by atoms with van der Waals surface area (Å²) in [6.45, 7) is 0.573. The maximum Gasteiger partial charge on any atom is 0.211 e. The average molecular weight is 362 g/mol. The Balaban J connectivity index is 1.83. The van der Waals surface area contributed by atoms with Gasteiger partial charge < -0.3 is 0 Å². The highest BCUT2D eigenvalue weighted by Gasteiger charge is 2.21. The van der Waals surface area contributed by atoms with E-state index in [1.807, 2.05) is 65.3 Å². The molecule has 126 valence electrons. The molecule has 0 spiro atoms. The van der Waals surface area contributed by atoms with Crippen LogP contribution in [-0.4, -0.2) is 35.0 Å². The molecule has 5 rings (SSSR count). The molecule has 0 amide bonds. The number of rotatable bonds is 3. The van der Waals surface area contributed by atoms with Crippen molar-refractivity contribution in [3.05, 3.63) is 71.4 Å². The second-order valence-electron chi connectivity index (χ2n) is 5.86. The number of halogens is 1. The van der Waals surface area contributed by atoms with Crippen LogP contribution in [0.15, 0.2) is 60.7 Å². The summed E-state index contributed by atoms with van der Waals surface area (Å²) in [4.78, 5) is 0. The van der Waals surface area contributed by atoms with Crippen LogP contribution in [0.4, 0.5) is 0 Å². The van der Waals surface area contributed by atoms with E-state index in [0.717, 1.165) is 27.7 Å². The third-order valence-electron chi connectivity index (χ3n) is 4.23. The molecule has 0 atom stereocenters. The van der Waals surface area contributed by atoms with Crippen molar-refractivity contribution < 1.29 is 0 Å². The molecule has 7 nitrogen and oxygen atoms in total. The monoisotopic (exact) mass is 361 g/mol. The van der Waals surface area contributed by atoms with E-state index in [2.05, 4.69) is 20.6 Å². The van der Waals surface area contributed by atoms with Gasteiger partial charge in [0.25, 0.3) is 0 Å². The van der Waals surface area contributed by atoms with E-state index in [1.165, 1.54) is 4.63 Å². The molecule has 26 heavy (non-hydrogen) atoms. The minimum absolute atomic E-state index is 0.311. The number of aromatic nitrogens is 7. The van der Waals surface area contributed by atoms with Gasteiger partial charge in [-0.05, 0) is 16.0 Å². The number of hydrogen-bond acceptors (Lipinski definition) is 5. The van der Waals surface area contributed by atoms with Gasteiger partial charge in [-0.15, -0.1) is 14.8 Å². The molecule has 0 aliphatic heterocycles. The molecule has 0 N–H and O–H groups in total. The molecule has 0 bridgehead atoms. The van der Waals surface area contributed by atoms with Crippen LogP contribution < -0.4 is 0 Å². The standard InChI is InChI=1S/C18H12ClN7/c19-17-16-14(18-20-23-24-26(18)22-17)15(13-9-5-2-6-10-13)21-25(16)11-12-7-3-1-4-8-12/h1-10H,11H2. The van der Waals surface area contributed by atoms with Crippen molar-refractivity contribution in [1.82, 2.24) is 35.0 Å². The van der Waals surface area contributed by atoms with Gasteiger partial charge in [-0.2, -0.15) is 5.10 Å². The second kappa shape index (κ2) is 5.89. The van der Waals surface area contributed by atoms with E-state index < -0.39 is 0 Å². The van der Waals surface area contributed by atoms with E-state index in [0.29, 0.717) is 17.3 Å². The van der Waals surface area contributed by atoms with Crippen LogP contribution in [0.5, 0.6) is 0 Å². The number of tetrazole rings is 1. The summed E-state index contributed by atoms with van der Waals surface area (Å²) in [5.41, 5.74) is 4.11. The summed E-state index contributed by atoms with van der Waals surface area (Å²) in [6.07, 6.45) is 0. The van der Waals surface area contributed by atoms with E-state index in [1.54, 1.807) is 0 Å². The molecule has 3 aromatic heterocycles. The second-order valence-corrected chi connectivity index (χ2v) is 6.22. The summed E-state index contributed by atoms with van der Waals surface area (Å²) in [6, 6.07) is 20.0. The number of hydrogen-bond donors (Lipinski definition) is 0. The highest BCUT2D eigenvalue weighted by Crippen LogP contribution is 2.33. The molecular formula is C18H12ClN7. The molecule has 5 aromatic rings. The fourth-order valence-electron chi connectivity index (χ4n) is 3.08. The first-order valence-electron chi connectivity index (χ1n) is 8.05. The van der Waals surface area contributed by atoms with Gasteiger partial charge >= 0.3 is 0 Å². The summed E-state index contributed by atoms with van der Waals surface area (Å²) in [7, 11) is 0. The Bertz CT molecular complexity index is 1210. The van der Waals surface area contributed by atoms with E-state index in [9.17, 15) is 0 Å². The van der Waals surface area contributed by atoms with Crippen molar-refractivity contribution in [1.29, 1.82) is 0 Å². The van der Waals surface area contributed by atoms with Crippen LogP contribution in [0.3, 0.4) is 0 Å². The molecule has 8 heteroatoms. The first-order valence-corrected chi connectivity index (χ1v) is 8.43. The van der Waals surface area contributed by atoms with Crippen LogP contribution in [0.2, 0.25) is 5.15 Å². The van der Waals surface area contributed by atoms with Crippen molar-refractivity contribution in [2.45, 2.75) is 6.54 Å². The first-order chi connectivity index (χ1) is 12.8. The third-order valence-corrected chi connectivity index (χ3v) is 4.48. The Morgan fingerprint density at radius 1 is 0.885 bits per heavy atom. The molecule has 3 heterocycles. The summed E-state index contributed by atoms with van der Waals surface area (Å²) in [5, 5.41) is 21.9. The van der Waals surface area contributed by atoms with Gasteiger partial charge in [0.1, 0.15) is 11.2 Å². The molecule has 0 aliphatic rings. The predicted octanol–water partition coefficient (Wildman–Crippen LogP) is 3.24. The molecular weight excluding hydrogens is 350 g/mol. The zero-order chi connectivity index (χ0) is 17.5. The lowest BCUT2D eigenvalue weighted by Crippen LogP contribution is -2.03. The topological polar surface area (TPSA) is 73.8 Å². The Morgan fingerprint density at radius 2 is 1.62 bits per heavy atom. The highest BCUT2D eigenvalue weighted by atomic mass is 35.5. The third kappa shape index (κ3) is 2.33. The lowest BCUT2D eigenvalue weighted by molar-refractivity contribution is 0.705. The van der Waals surface area contributed by atoms with Crippen molar-refractivity contribution in [2.24, 2.45) is 0 Å². The fraction of sp³-hybridized carbons (Fsp3) is 0.0556. The van der Waals surface area contributed by atoms with Crippen LogP contribution >= 0.6 is 11.6 Å². The van der Waals surface area contributed by atoms with Crippen LogP contribution in [0.25, 0.3) is 27.8 Å². The Morgan fingerprint density at radius 3 is 2.38 bits per heavy atom. The van der Waals surface area contributed by atoms with Gasteiger partial charge in [-0.25, -0.2) is 0 Å². The van der Waals surface area contributed by atoms with Gasteiger partial charge in [0.15, 0.2) is 5.15 Å². The van der Waals surface area contributed by atoms with Gasteiger partial charge in [-0.1, -0.05) is 72.3 Å². The van der Waals surface area contributed by atoms with Gasteiger partial charge in [0.05, 0.1) is 11.9 Å². The quantitative estimate of drug-likeness (QED) is 0.493. The molecule has 2 aromatic carbocycles. The van der Waals surface area contributed by atoms with Crippen molar-refractivity contribution in [2.75, 3.05) is 0 Å². The summed E-state index contributed by atoms with van der Waals surface area (Å²) >= 11 is 6.48. The van der Waals surface area contributed by atoms with Crippen molar-refractivity contribution >= 4 is 28.2 Å². The SMILES string of the molecule is Clc1nn2nnnc2c2c(-c3ccccc3)nn(Cc3ccccc3)c12. The lowest BCUT2D eigenvalue weighted by Gasteiger charge is -2.04. The van der Waals surface area contributed by atoms with E-state index in [4.69, 9.17) is 16.7 Å². The Labute approximate surface area is 152 Å². The molecule has 0 fully saturated rings. The minimum Gasteiger partial charge on any atom is -0.256 e. The molecule has 0 saturated carbocycles. The van der Waals surface area contributed by atoms with Gasteiger partial charge in [0.2, 0.25) is 5.65 Å². The van der Waals surface area contributed by atoms with Crippen LogP contribution in [0.1, 0.15) is 5.56 Å². The number of benzene rings is 2. The van der Waals surface area contributed by atoms with E-state index in [-0.39, 0.29) is 0 Å². The molecule has 0 unspecified atom stereocenters. The predicted molar refractivity (Wildman–Crippen MR) is 97.9 cm³/mol. The maximum atomic E-state index is 6.48. The smallest absolute Gasteiger partial charge is 0.211 e. The highest BCUT2D eigenvalue weighted by molar-refractivity contribution is 6.34. The first kappa shape index (κ1) is 15.0. The normalized spacial score (nSPS) is 11.4. The number of fused-ring (bicyclic) bond motifs is 3. The van der Waals surface area contributed by atoms with Crippen LogP contribution in [-0.2, 0) is 6.54 Å². The maximum absolute atomic E-state index is 6.48. The molecule has 0 aliphatic carbocycles. The van der Waals surface area contributed by atoms with Crippen molar-refractivity contribution in [3.8, 4) is 11.3 Å². The Hall–Kier alpha value is -3.32. The van der Waals surface area contributed by atoms with Gasteiger partial charge in [-0.3, -0.25) is 4.68 Å². The number of nitrogens with zero attached hydrogens (tertiary/aromatic N) is 7. The summed E-state index contributed by atoms with van der Waals surface area (Å²) in [5.74, 6) is 0. The summed E-state index contributed by atoms with van der Waals surface area (Å²) < 4.78 is 3.20. The fourth-order valence-corrected chi connectivity index (χ4v) is 3.35. The van der Waals surface area contributed by atoms with Gasteiger partial charge in [0, 0.05) is 5.56 Å².